The number of benzene rings is 3. The van der Waals surface area contributed by atoms with Crippen LogP contribution in [0.4, 0.5) is 5.69 Å². The molecule has 0 spiro atoms. The molecule has 2 amide bonds. The number of hydrogen-bond donors (Lipinski definition) is 1. The number of nitrogens with zero attached hydrogens (tertiary/aromatic N) is 1. The van der Waals surface area contributed by atoms with Crippen LogP contribution >= 0.6 is 0 Å². The van der Waals surface area contributed by atoms with Crippen LogP contribution in [0.25, 0.3) is 0 Å². The lowest BCUT2D eigenvalue weighted by molar-refractivity contribution is -0.117. The molecule has 1 atom stereocenters. The molecule has 1 aliphatic rings. The Bertz CT molecular complexity index is 1190. The average Bonchev–Trinajstić information content (AvgIpc) is 3.19. The minimum atomic E-state index is -0.501. The van der Waals surface area contributed by atoms with Gasteiger partial charge in [-0.25, -0.2) is 0 Å². The van der Waals surface area contributed by atoms with Gasteiger partial charge in [-0.2, -0.15) is 0 Å². The van der Waals surface area contributed by atoms with Gasteiger partial charge in [-0.3, -0.25) is 9.59 Å². The van der Waals surface area contributed by atoms with E-state index in [2.05, 4.69) is 5.32 Å². The van der Waals surface area contributed by atoms with E-state index in [-0.39, 0.29) is 18.2 Å². The first kappa shape index (κ1) is 23.2. The fraction of sp³-hybridized carbons (Fsp3) is 0.259. The quantitative estimate of drug-likeness (QED) is 0.495. The highest BCUT2D eigenvalue weighted by Gasteiger charge is 2.35. The highest BCUT2D eigenvalue weighted by molar-refractivity contribution is 5.99. The Hall–Kier alpha value is -4.00. The third-order valence-corrected chi connectivity index (χ3v) is 5.86. The second kappa shape index (κ2) is 10.3. The molecule has 0 saturated carbocycles. The Morgan fingerprint density at radius 2 is 1.71 bits per heavy atom. The van der Waals surface area contributed by atoms with Crippen LogP contribution < -0.4 is 19.5 Å². The van der Waals surface area contributed by atoms with Crippen molar-refractivity contribution in [3.63, 3.8) is 0 Å². The molecule has 1 heterocycles. The van der Waals surface area contributed by atoms with Gasteiger partial charge in [0.05, 0.1) is 39.0 Å². The number of rotatable bonds is 9. The van der Waals surface area contributed by atoms with Gasteiger partial charge in [0.1, 0.15) is 5.75 Å². The first-order chi connectivity index (χ1) is 16.5. The lowest BCUT2D eigenvalue weighted by Crippen LogP contribution is -2.32. The number of methoxy groups -OCH3 is 2. The fourth-order valence-corrected chi connectivity index (χ4v) is 4.22. The van der Waals surface area contributed by atoms with Crippen molar-refractivity contribution in [2.24, 2.45) is 0 Å². The maximum Gasteiger partial charge on any atom is 0.255 e. The summed E-state index contributed by atoms with van der Waals surface area (Å²) >= 11 is 0. The summed E-state index contributed by atoms with van der Waals surface area (Å²) in [6, 6.07) is 19.8. The van der Waals surface area contributed by atoms with Crippen molar-refractivity contribution in [1.82, 2.24) is 4.90 Å². The minimum absolute atomic E-state index is 0.0651. The summed E-state index contributed by atoms with van der Waals surface area (Å²) in [5.41, 5.74) is 2.98. The van der Waals surface area contributed by atoms with Crippen LogP contribution in [-0.2, 0) is 11.3 Å². The third kappa shape index (κ3) is 4.69. The zero-order valence-electron chi connectivity index (χ0n) is 19.5. The van der Waals surface area contributed by atoms with Crippen molar-refractivity contribution in [2.75, 3.05) is 26.1 Å². The Labute approximate surface area is 199 Å². The van der Waals surface area contributed by atoms with Gasteiger partial charge in [0.2, 0.25) is 5.91 Å². The number of nitrogens with one attached hydrogen (secondary N) is 1. The van der Waals surface area contributed by atoms with E-state index in [1.54, 1.807) is 31.3 Å². The van der Waals surface area contributed by atoms with Crippen LogP contribution in [0, 0.1) is 0 Å². The molecule has 7 heteroatoms. The number of ether oxygens (including phenoxy) is 3. The van der Waals surface area contributed by atoms with E-state index in [9.17, 15) is 9.59 Å². The molecule has 7 nitrogen and oxygen atoms in total. The van der Waals surface area contributed by atoms with Gasteiger partial charge >= 0.3 is 0 Å². The van der Waals surface area contributed by atoms with E-state index < -0.39 is 6.04 Å². The molecule has 0 bridgehead atoms. The molecule has 4 rings (SSSR count). The summed E-state index contributed by atoms with van der Waals surface area (Å²) in [6.07, 6.45) is 0.0651. The molecule has 0 fully saturated rings. The van der Waals surface area contributed by atoms with Crippen LogP contribution in [0.15, 0.2) is 66.7 Å². The molecule has 0 saturated heterocycles. The third-order valence-electron chi connectivity index (χ3n) is 5.86. The predicted octanol–water partition coefficient (Wildman–Crippen LogP) is 4.83. The summed E-state index contributed by atoms with van der Waals surface area (Å²) < 4.78 is 16.5. The number of carbonyl (C=O) groups is 2. The maximum absolute atomic E-state index is 13.3. The Morgan fingerprint density at radius 1 is 0.971 bits per heavy atom. The normalized spacial score (nSPS) is 13.3. The number of amides is 2. The van der Waals surface area contributed by atoms with Gasteiger partial charge in [-0.15, -0.1) is 0 Å². The fourth-order valence-electron chi connectivity index (χ4n) is 4.22. The van der Waals surface area contributed by atoms with Crippen molar-refractivity contribution in [3.8, 4) is 17.2 Å². The molecule has 176 valence electrons. The van der Waals surface area contributed by atoms with E-state index in [0.717, 1.165) is 11.1 Å². The minimum Gasteiger partial charge on any atom is -0.493 e. The molecule has 0 radical (unpaired) electrons. The van der Waals surface area contributed by atoms with Crippen molar-refractivity contribution in [1.29, 1.82) is 0 Å². The largest absolute Gasteiger partial charge is 0.493 e. The van der Waals surface area contributed by atoms with Gasteiger partial charge in [-0.05, 0) is 48.4 Å². The number of anilines is 1. The van der Waals surface area contributed by atoms with Crippen molar-refractivity contribution in [3.05, 3.63) is 83.4 Å². The number of carbonyl (C=O) groups excluding carboxylic acids is 2. The highest BCUT2D eigenvalue weighted by Crippen LogP contribution is 2.37. The summed E-state index contributed by atoms with van der Waals surface area (Å²) in [7, 11) is 3.13. The van der Waals surface area contributed by atoms with Gasteiger partial charge in [-0.1, -0.05) is 36.4 Å². The van der Waals surface area contributed by atoms with Gasteiger partial charge in [0.15, 0.2) is 11.5 Å². The lowest BCUT2D eigenvalue weighted by atomic mass is 10.0. The second-order valence-corrected chi connectivity index (χ2v) is 7.90. The monoisotopic (exact) mass is 460 g/mol. The van der Waals surface area contributed by atoms with Gasteiger partial charge in [0, 0.05) is 12.1 Å². The summed E-state index contributed by atoms with van der Waals surface area (Å²) in [5, 5.41) is 2.95. The maximum atomic E-state index is 13.3. The summed E-state index contributed by atoms with van der Waals surface area (Å²) in [4.78, 5) is 28.2. The number of fused-ring (bicyclic) bond motifs is 1. The summed E-state index contributed by atoms with van der Waals surface area (Å²) in [6.45, 7) is 2.81. The molecule has 34 heavy (non-hydrogen) atoms. The molecule has 0 aliphatic carbocycles. The van der Waals surface area contributed by atoms with Crippen molar-refractivity contribution >= 4 is 17.5 Å². The van der Waals surface area contributed by atoms with E-state index in [1.807, 2.05) is 61.5 Å². The first-order valence-corrected chi connectivity index (χ1v) is 11.2. The Kier molecular flexibility index (Phi) is 7.01. The molecule has 0 aromatic heterocycles. The summed E-state index contributed by atoms with van der Waals surface area (Å²) in [5.74, 6) is 1.40. The van der Waals surface area contributed by atoms with E-state index in [1.165, 1.54) is 0 Å². The lowest BCUT2D eigenvalue weighted by Gasteiger charge is -2.28. The standard InChI is InChI=1S/C27H28N2O5/c1-4-34-23-12-8-7-11-21(23)28-26(30)16-22(18-13-14-24(32-2)25(15-18)33-3)29-17-19-9-5-6-10-20(19)27(29)31/h5-15,22H,4,16-17H2,1-3H3,(H,28,30)/t22-/m0/s1. The van der Waals surface area contributed by atoms with Crippen LogP contribution in [0.2, 0.25) is 0 Å². The zero-order valence-corrected chi connectivity index (χ0v) is 19.5. The first-order valence-electron chi connectivity index (χ1n) is 11.2. The van der Waals surface area contributed by atoms with Crippen LogP contribution in [-0.4, -0.2) is 37.5 Å². The SMILES string of the molecule is CCOc1ccccc1NC(=O)C[C@@H](c1ccc(OC)c(OC)c1)N1Cc2ccccc2C1=O. The molecule has 3 aromatic rings. The van der Waals surface area contributed by atoms with Crippen LogP contribution in [0.3, 0.4) is 0 Å². The Balaban J connectivity index is 1.65. The smallest absolute Gasteiger partial charge is 0.255 e. The zero-order chi connectivity index (χ0) is 24.1. The van der Waals surface area contributed by atoms with Crippen LogP contribution in [0.1, 0.15) is 40.9 Å². The van der Waals surface area contributed by atoms with Crippen LogP contribution in [0.5, 0.6) is 17.2 Å². The van der Waals surface area contributed by atoms with E-state index in [4.69, 9.17) is 14.2 Å². The molecule has 1 aliphatic heterocycles. The number of hydrogen-bond acceptors (Lipinski definition) is 5. The van der Waals surface area contributed by atoms with E-state index >= 15 is 0 Å². The molecule has 3 aromatic carbocycles. The highest BCUT2D eigenvalue weighted by atomic mass is 16.5. The predicted molar refractivity (Wildman–Crippen MR) is 129 cm³/mol. The second-order valence-electron chi connectivity index (χ2n) is 7.90. The average molecular weight is 461 g/mol. The number of para-hydroxylation sites is 2. The molecule has 0 unspecified atom stereocenters. The van der Waals surface area contributed by atoms with Gasteiger partial charge in [0.25, 0.3) is 5.91 Å². The van der Waals surface area contributed by atoms with Crippen molar-refractivity contribution < 1.29 is 23.8 Å². The molecular weight excluding hydrogens is 432 g/mol. The molecular formula is C27H28N2O5. The Morgan fingerprint density at radius 3 is 2.44 bits per heavy atom. The van der Waals surface area contributed by atoms with E-state index in [0.29, 0.717) is 41.7 Å². The van der Waals surface area contributed by atoms with Crippen molar-refractivity contribution in [2.45, 2.75) is 25.9 Å². The van der Waals surface area contributed by atoms with Gasteiger partial charge < -0.3 is 24.4 Å². The topological polar surface area (TPSA) is 77.1 Å². The molecule has 1 N–H and O–H groups in total.